The predicted octanol–water partition coefficient (Wildman–Crippen LogP) is 4.55. The van der Waals surface area contributed by atoms with Gasteiger partial charge in [0.2, 0.25) is 5.91 Å². The number of para-hydroxylation sites is 2. The summed E-state index contributed by atoms with van der Waals surface area (Å²) >= 11 is 1.04. The molecule has 0 atom stereocenters. The molecule has 3 aromatic carbocycles. The maximum atomic E-state index is 14.7. The zero-order valence-electron chi connectivity index (χ0n) is 17.7. The highest BCUT2D eigenvalue weighted by Gasteiger charge is 2.19. The maximum absolute atomic E-state index is 14.7. The standard InChI is InChI=1S/C25H18F2N4O2S/c26-16-11-9-15(10-12-16)13-28-21(32)14-34-25-30-22-17-5-1-3-7-19(17)29-23(22)24(33)31(25)20-8-4-2-6-18(20)27/h1-12,29H,13-14H2,(H,28,32). The van der Waals surface area contributed by atoms with E-state index in [1.54, 1.807) is 18.2 Å². The number of halogens is 2. The zero-order valence-corrected chi connectivity index (χ0v) is 18.5. The van der Waals surface area contributed by atoms with Crippen LogP contribution in [-0.2, 0) is 11.3 Å². The minimum atomic E-state index is -0.579. The van der Waals surface area contributed by atoms with Crippen molar-refractivity contribution in [2.45, 2.75) is 11.7 Å². The smallest absolute Gasteiger partial charge is 0.283 e. The van der Waals surface area contributed by atoms with Gasteiger partial charge in [0.15, 0.2) is 5.16 Å². The number of hydrogen-bond acceptors (Lipinski definition) is 4. The first kappa shape index (κ1) is 21.8. The fourth-order valence-electron chi connectivity index (χ4n) is 3.67. The number of aromatic nitrogens is 3. The quantitative estimate of drug-likeness (QED) is 0.278. The largest absolute Gasteiger partial charge is 0.351 e. The van der Waals surface area contributed by atoms with Gasteiger partial charge in [-0.1, -0.05) is 54.2 Å². The monoisotopic (exact) mass is 476 g/mol. The van der Waals surface area contributed by atoms with Gasteiger partial charge < -0.3 is 10.3 Å². The number of nitrogens with one attached hydrogen (secondary N) is 2. The lowest BCUT2D eigenvalue weighted by Gasteiger charge is -2.13. The minimum absolute atomic E-state index is 0.0457. The van der Waals surface area contributed by atoms with Gasteiger partial charge in [-0.3, -0.25) is 14.2 Å². The van der Waals surface area contributed by atoms with Crippen LogP contribution in [-0.4, -0.2) is 26.2 Å². The van der Waals surface area contributed by atoms with E-state index in [-0.39, 0.29) is 40.4 Å². The van der Waals surface area contributed by atoms with E-state index in [0.29, 0.717) is 5.52 Å². The lowest BCUT2D eigenvalue weighted by atomic mass is 10.2. The van der Waals surface area contributed by atoms with E-state index in [1.165, 1.54) is 34.9 Å². The number of thioether (sulfide) groups is 1. The molecule has 170 valence electrons. The Morgan fingerprint density at radius 1 is 1.00 bits per heavy atom. The van der Waals surface area contributed by atoms with Gasteiger partial charge in [0.1, 0.15) is 22.7 Å². The molecule has 1 amide bonds. The van der Waals surface area contributed by atoms with Gasteiger partial charge in [0.25, 0.3) is 5.56 Å². The van der Waals surface area contributed by atoms with Crippen LogP contribution in [0.25, 0.3) is 27.6 Å². The molecule has 2 N–H and O–H groups in total. The summed E-state index contributed by atoms with van der Waals surface area (Å²) in [7, 11) is 0. The Labute approximate surface area is 196 Å². The summed E-state index contributed by atoms with van der Waals surface area (Å²) in [5.74, 6) is -1.28. The van der Waals surface area contributed by atoms with E-state index in [0.717, 1.165) is 28.2 Å². The summed E-state index contributed by atoms with van der Waals surface area (Å²) in [6.45, 7) is 0.231. The first-order valence-corrected chi connectivity index (χ1v) is 11.4. The SMILES string of the molecule is O=C(CSc1nc2c([nH]c3ccccc32)c(=O)n1-c1ccccc1F)NCc1ccc(F)cc1. The average molecular weight is 477 g/mol. The van der Waals surface area contributed by atoms with E-state index in [1.807, 2.05) is 24.3 Å². The number of fused-ring (bicyclic) bond motifs is 3. The van der Waals surface area contributed by atoms with Gasteiger partial charge >= 0.3 is 0 Å². The summed E-state index contributed by atoms with van der Waals surface area (Å²) < 4.78 is 28.9. The molecule has 0 bridgehead atoms. The van der Waals surface area contributed by atoms with Crippen LogP contribution in [0.3, 0.4) is 0 Å². The summed E-state index contributed by atoms with van der Waals surface area (Å²) in [6, 6.07) is 19.1. The number of carbonyl (C=O) groups excluding carboxylic acids is 1. The third-order valence-corrected chi connectivity index (χ3v) is 6.26. The van der Waals surface area contributed by atoms with Crippen LogP contribution in [0.1, 0.15) is 5.56 Å². The number of aromatic amines is 1. The average Bonchev–Trinajstić information content (AvgIpc) is 3.22. The van der Waals surface area contributed by atoms with Crippen molar-refractivity contribution in [3.05, 3.63) is 100 Å². The molecule has 6 nitrogen and oxygen atoms in total. The Kier molecular flexibility index (Phi) is 5.85. The highest BCUT2D eigenvalue weighted by atomic mass is 32.2. The van der Waals surface area contributed by atoms with E-state index in [2.05, 4.69) is 15.3 Å². The number of hydrogen-bond donors (Lipinski definition) is 2. The van der Waals surface area contributed by atoms with E-state index < -0.39 is 11.4 Å². The second-order valence-corrected chi connectivity index (χ2v) is 8.51. The van der Waals surface area contributed by atoms with Crippen molar-refractivity contribution < 1.29 is 13.6 Å². The zero-order chi connectivity index (χ0) is 23.7. The van der Waals surface area contributed by atoms with Crippen molar-refractivity contribution in [2.75, 3.05) is 5.75 Å². The van der Waals surface area contributed by atoms with Crippen LogP contribution in [0, 0.1) is 11.6 Å². The fraction of sp³-hybridized carbons (Fsp3) is 0.0800. The molecule has 0 aliphatic rings. The lowest BCUT2D eigenvalue weighted by Crippen LogP contribution is -2.26. The predicted molar refractivity (Wildman–Crippen MR) is 128 cm³/mol. The van der Waals surface area contributed by atoms with Crippen molar-refractivity contribution in [1.29, 1.82) is 0 Å². The number of carbonyl (C=O) groups is 1. The van der Waals surface area contributed by atoms with Crippen molar-refractivity contribution in [3.63, 3.8) is 0 Å². The Morgan fingerprint density at radius 3 is 2.53 bits per heavy atom. The van der Waals surface area contributed by atoms with Gasteiger partial charge in [-0.2, -0.15) is 0 Å². The van der Waals surface area contributed by atoms with Crippen molar-refractivity contribution in [1.82, 2.24) is 19.9 Å². The number of H-pyrrole nitrogens is 1. The van der Waals surface area contributed by atoms with Crippen LogP contribution in [0.4, 0.5) is 8.78 Å². The molecule has 0 aliphatic heterocycles. The molecule has 0 aliphatic carbocycles. The molecule has 0 spiro atoms. The molecule has 9 heteroatoms. The van der Waals surface area contributed by atoms with Crippen molar-refractivity contribution >= 4 is 39.6 Å². The van der Waals surface area contributed by atoms with Crippen LogP contribution < -0.4 is 10.9 Å². The first-order valence-electron chi connectivity index (χ1n) is 10.4. The highest BCUT2D eigenvalue weighted by molar-refractivity contribution is 7.99. The minimum Gasteiger partial charge on any atom is -0.351 e. The van der Waals surface area contributed by atoms with E-state index >= 15 is 0 Å². The molecule has 0 saturated carbocycles. The molecule has 0 fully saturated rings. The van der Waals surface area contributed by atoms with Crippen LogP contribution in [0.5, 0.6) is 0 Å². The molecule has 0 radical (unpaired) electrons. The number of rotatable bonds is 6. The normalized spacial score (nSPS) is 11.2. The second-order valence-electron chi connectivity index (χ2n) is 7.57. The molecular formula is C25H18F2N4O2S. The van der Waals surface area contributed by atoms with E-state index in [9.17, 15) is 18.4 Å². The molecule has 0 saturated heterocycles. The summed E-state index contributed by atoms with van der Waals surface area (Å²) in [4.78, 5) is 33.6. The van der Waals surface area contributed by atoms with Crippen LogP contribution >= 0.6 is 11.8 Å². The highest BCUT2D eigenvalue weighted by Crippen LogP contribution is 2.27. The van der Waals surface area contributed by atoms with Crippen LogP contribution in [0.2, 0.25) is 0 Å². The number of nitrogens with zero attached hydrogens (tertiary/aromatic N) is 2. The van der Waals surface area contributed by atoms with E-state index in [4.69, 9.17) is 0 Å². The number of amides is 1. The van der Waals surface area contributed by atoms with Gasteiger partial charge in [-0.15, -0.1) is 0 Å². The Hall–Kier alpha value is -3.98. The third-order valence-electron chi connectivity index (χ3n) is 5.32. The Balaban J connectivity index is 1.49. The van der Waals surface area contributed by atoms with Gasteiger partial charge in [0, 0.05) is 17.4 Å². The molecule has 5 rings (SSSR count). The van der Waals surface area contributed by atoms with Crippen molar-refractivity contribution in [3.8, 4) is 5.69 Å². The van der Waals surface area contributed by atoms with Crippen molar-refractivity contribution in [2.24, 2.45) is 0 Å². The van der Waals surface area contributed by atoms with Crippen LogP contribution in [0.15, 0.2) is 82.7 Å². The summed E-state index contributed by atoms with van der Waals surface area (Å²) in [5.41, 5.74) is 1.80. The fourth-order valence-corrected chi connectivity index (χ4v) is 4.50. The molecule has 2 aromatic heterocycles. The number of benzene rings is 3. The maximum Gasteiger partial charge on any atom is 0.283 e. The third kappa shape index (κ3) is 4.17. The van der Waals surface area contributed by atoms with Gasteiger partial charge in [-0.05, 0) is 35.9 Å². The molecule has 5 aromatic rings. The molecule has 34 heavy (non-hydrogen) atoms. The van der Waals surface area contributed by atoms with Gasteiger partial charge in [-0.25, -0.2) is 13.8 Å². The molecular weight excluding hydrogens is 458 g/mol. The Morgan fingerprint density at radius 2 is 1.74 bits per heavy atom. The molecule has 0 unspecified atom stereocenters. The first-order chi connectivity index (χ1) is 16.5. The topological polar surface area (TPSA) is 79.8 Å². The summed E-state index contributed by atoms with van der Waals surface area (Å²) in [6.07, 6.45) is 0. The molecule has 2 heterocycles. The lowest BCUT2D eigenvalue weighted by molar-refractivity contribution is -0.118. The Bertz CT molecular complexity index is 1580. The van der Waals surface area contributed by atoms with Gasteiger partial charge in [0.05, 0.1) is 11.4 Å². The second kappa shape index (κ2) is 9.11. The summed E-state index contributed by atoms with van der Waals surface area (Å²) in [5, 5.41) is 3.72.